The number of nitrogens with zero attached hydrogens (tertiary/aromatic N) is 1. The number of carboxylic acid groups (broad SMARTS) is 1. The van der Waals surface area contributed by atoms with E-state index in [1.165, 1.54) is 19.2 Å². The Hall–Kier alpha value is -5.40. The van der Waals surface area contributed by atoms with Crippen LogP contribution in [0, 0.1) is 0 Å². The van der Waals surface area contributed by atoms with Crippen molar-refractivity contribution in [2.24, 2.45) is 0 Å². The molecular weight excluding hydrogens is 572 g/mol. The number of para-hydroxylation sites is 2. The number of amides is 2. The van der Waals surface area contributed by atoms with Gasteiger partial charge in [-0.15, -0.1) is 0 Å². The molecule has 7 N–H and O–H groups in total. The highest BCUT2D eigenvalue weighted by Crippen LogP contribution is 2.31. The number of nitrogens with two attached hydrogens (primary N) is 1. The fourth-order valence-corrected chi connectivity index (χ4v) is 5.83. The number of nitrogens with one attached hydrogen (secondary N) is 4. The summed E-state index contributed by atoms with van der Waals surface area (Å²) in [5.41, 5.74) is 9.81. The Balaban J connectivity index is 1.35. The lowest BCUT2D eigenvalue weighted by molar-refractivity contribution is -0.138. The molecule has 1 atom stereocenters. The van der Waals surface area contributed by atoms with Gasteiger partial charge in [0.1, 0.15) is 16.7 Å². The van der Waals surface area contributed by atoms with Crippen molar-refractivity contribution in [2.45, 2.75) is 17.4 Å². The lowest BCUT2D eigenvalue weighted by Gasteiger charge is -2.17. The number of carboxylic acids is 1. The SMILES string of the molecule is COc1ccc(-c2cccc(NC(=O)Nc3nc4ccccc4[nH]3)c2)cc1S(=O)(=O)N[C@@H](Cc1ccc(N)cc1)C(=O)O. The number of hydrogen-bond donors (Lipinski definition) is 6. The molecule has 220 valence electrons. The highest BCUT2D eigenvalue weighted by atomic mass is 32.2. The zero-order valence-corrected chi connectivity index (χ0v) is 23.7. The molecule has 0 aliphatic carbocycles. The minimum atomic E-state index is -4.35. The number of hydrogen-bond acceptors (Lipinski definition) is 7. The van der Waals surface area contributed by atoms with Gasteiger partial charge in [-0.05, 0) is 71.6 Å². The maximum absolute atomic E-state index is 13.5. The van der Waals surface area contributed by atoms with E-state index in [-0.39, 0.29) is 23.0 Å². The van der Waals surface area contributed by atoms with Gasteiger partial charge in [0.2, 0.25) is 16.0 Å². The van der Waals surface area contributed by atoms with Gasteiger partial charge in [-0.25, -0.2) is 18.2 Å². The van der Waals surface area contributed by atoms with E-state index in [1.54, 1.807) is 54.6 Å². The molecule has 43 heavy (non-hydrogen) atoms. The van der Waals surface area contributed by atoms with Crippen molar-refractivity contribution in [3.63, 3.8) is 0 Å². The van der Waals surface area contributed by atoms with Crippen molar-refractivity contribution in [1.82, 2.24) is 14.7 Å². The molecule has 13 heteroatoms. The summed E-state index contributed by atoms with van der Waals surface area (Å²) < 4.78 is 34.5. The minimum absolute atomic E-state index is 0.0346. The van der Waals surface area contributed by atoms with Gasteiger partial charge in [-0.1, -0.05) is 42.5 Å². The van der Waals surface area contributed by atoms with Crippen molar-refractivity contribution in [3.8, 4) is 16.9 Å². The molecule has 4 aromatic carbocycles. The van der Waals surface area contributed by atoms with Crippen LogP contribution in [0.2, 0.25) is 0 Å². The quantitative estimate of drug-likeness (QED) is 0.127. The van der Waals surface area contributed by atoms with Crippen LogP contribution in [0.3, 0.4) is 0 Å². The van der Waals surface area contributed by atoms with Crippen LogP contribution in [0.1, 0.15) is 5.56 Å². The number of methoxy groups -OCH3 is 1. The number of anilines is 3. The fraction of sp³-hybridized carbons (Fsp3) is 0.100. The molecule has 1 heterocycles. The van der Waals surface area contributed by atoms with Crippen molar-refractivity contribution in [2.75, 3.05) is 23.5 Å². The van der Waals surface area contributed by atoms with Gasteiger partial charge in [0, 0.05) is 11.4 Å². The molecule has 12 nitrogen and oxygen atoms in total. The fourth-order valence-electron chi connectivity index (χ4n) is 4.44. The van der Waals surface area contributed by atoms with Gasteiger partial charge in [0.05, 0.1) is 18.1 Å². The Morgan fingerprint density at radius 1 is 0.953 bits per heavy atom. The van der Waals surface area contributed by atoms with Crippen LogP contribution in [0.25, 0.3) is 22.2 Å². The summed E-state index contributed by atoms with van der Waals surface area (Å²) >= 11 is 0. The van der Waals surface area contributed by atoms with Gasteiger partial charge in [-0.2, -0.15) is 4.72 Å². The number of aromatic nitrogens is 2. The summed E-state index contributed by atoms with van der Waals surface area (Å²) in [5, 5.41) is 15.2. The second-order valence-electron chi connectivity index (χ2n) is 9.59. The van der Waals surface area contributed by atoms with Gasteiger partial charge in [0.15, 0.2) is 0 Å². The highest BCUT2D eigenvalue weighted by Gasteiger charge is 2.28. The number of fused-ring (bicyclic) bond motifs is 1. The number of nitrogen functional groups attached to an aromatic ring is 1. The van der Waals surface area contributed by atoms with Crippen LogP contribution < -0.4 is 25.8 Å². The van der Waals surface area contributed by atoms with Crippen LogP contribution in [0.15, 0.2) is 95.9 Å². The summed E-state index contributed by atoms with van der Waals surface area (Å²) in [6, 6.07) is 23.2. The lowest BCUT2D eigenvalue weighted by Crippen LogP contribution is -2.42. The van der Waals surface area contributed by atoms with Crippen LogP contribution >= 0.6 is 0 Å². The molecule has 0 fully saturated rings. The number of H-pyrrole nitrogens is 1. The molecule has 5 rings (SSSR count). The Kier molecular flexibility index (Phi) is 8.27. The first-order valence-corrected chi connectivity index (χ1v) is 14.5. The third-order valence-electron chi connectivity index (χ3n) is 6.54. The lowest BCUT2D eigenvalue weighted by atomic mass is 10.0. The van der Waals surface area contributed by atoms with Crippen LogP contribution in [-0.4, -0.2) is 48.6 Å². The molecule has 0 bridgehead atoms. The van der Waals surface area contributed by atoms with Crippen molar-refractivity contribution >= 4 is 50.4 Å². The molecule has 0 radical (unpaired) electrons. The first-order chi connectivity index (χ1) is 20.6. The molecule has 0 spiro atoms. The first-order valence-electron chi connectivity index (χ1n) is 13.0. The van der Waals surface area contributed by atoms with Crippen molar-refractivity contribution in [1.29, 1.82) is 0 Å². The average molecular weight is 601 g/mol. The highest BCUT2D eigenvalue weighted by molar-refractivity contribution is 7.89. The van der Waals surface area contributed by atoms with Gasteiger partial charge in [0.25, 0.3) is 0 Å². The van der Waals surface area contributed by atoms with Gasteiger partial charge in [-0.3, -0.25) is 10.1 Å². The number of aromatic amines is 1. The Morgan fingerprint density at radius 2 is 1.70 bits per heavy atom. The molecule has 5 aromatic rings. The van der Waals surface area contributed by atoms with Gasteiger partial charge >= 0.3 is 12.0 Å². The van der Waals surface area contributed by atoms with Crippen LogP contribution in [0.4, 0.5) is 22.1 Å². The smallest absolute Gasteiger partial charge is 0.326 e. The topological polar surface area (TPSA) is 189 Å². The summed E-state index contributed by atoms with van der Waals surface area (Å²) in [6.07, 6.45) is -0.0966. The van der Waals surface area contributed by atoms with Crippen LogP contribution in [0.5, 0.6) is 5.75 Å². The van der Waals surface area contributed by atoms with E-state index in [9.17, 15) is 23.1 Å². The van der Waals surface area contributed by atoms with E-state index in [0.717, 1.165) is 5.52 Å². The number of rotatable bonds is 10. The molecule has 0 unspecified atom stereocenters. The van der Waals surface area contributed by atoms with Crippen molar-refractivity contribution < 1.29 is 27.9 Å². The van der Waals surface area contributed by atoms with Gasteiger partial charge < -0.3 is 25.9 Å². The maximum Gasteiger partial charge on any atom is 0.326 e. The number of sulfonamides is 1. The summed E-state index contributed by atoms with van der Waals surface area (Å²) in [5.74, 6) is -1.02. The monoisotopic (exact) mass is 600 g/mol. The van der Waals surface area contributed by atoms with E-state index in [2.05, 4.69) is 25.3 Å². The summed E-state index contributed by atoms with van der Waals surface area (Å²) in [6.45, 7) is 0. The number of imidazole rings is 1. The van der Waals surface area contributed by atoms with E-state index in [1.807, 2.05) is 24.3 Å². The Labute approximate surface area is 247 Å². The van der Waals surface area contributed by atoms with E-state index in [0.29, 0.717) is 33.6 Å². The van der Waals surface area contributed by atoms with Crippen molar-refractivity contribution in [3.05, 3.63) is 96.6 Å². The Bertz CT molecular complexity index is 1870. The minimum Gasteiger partial charge on any atom is -0.495 e. The average Bonchev–Trinajstić information content (AvgIpc) is 3.39. The third kappa shape index (κ3) is 6.92. The summed E-state index contributed by atoms with van der Waals surface area (Å²) in [4.78, 5) is 31.7. The zero-order valence-electron chi connectivity index (χ0n) is 22.9. The van der Waals surface area contributed by atoms with E-state index >= 15 is 0 Å². The number of aliphatic carboxylic acids is 1. The third-order valence-corrected chi connectivity index (χ3v) is 8.04. The standard InChI is InChI=1S/C30H28N6O6S/c1-42-26-14-11-20(17-27(26)43(40,41)36-25(28(37)38)15-18-9-12-21(31)13-10-18)19-5-4-6-22(16-19)32-30(39)35-29-33-23-7-2-3-8-24(23)34-29/h2-14,16-17,25,36H,15,31H2,1H3,(H,37,38)(H3,32,33,34,35,39)/t25-/m0/s1. The summed E-state index contributed by atoms with van der Waals surface area (Å²) in [7, 11) is -3.03. The molecule has 0 saturated heterocycles. The first kappa shape index (κ1) is 29.1. The largest absolute Gasteiger partial charge is 0.495 e. The maximum atomic E-state index is 13.5. The normalized spacial score (nSPS) is 12.0. The number of benzene rings is 4. The molecule has 1 aromatic heterocycles. The second kappa shape index (κ2) is 12.2. The molecular formula is C30H28N6O6S. The Morgan fingerprint density at radius 3 is 2.42 bits per heavy atom. The predicted octanol–water partition coefficient (Wildman–Crippen LogP) is 4.44. The van der Waals surface area contributed by atoms with E-state index in [4.69, 9.17) is 10.5 Å². The van der Waals surface area contributed by atoms with E-state index < -0.39 is 28.1 Å². The zero-order chi connectivity index (χ0) is 30.6. The number of ether oxygens (including phenoxy) is 1. The number of urea groups is 1. The molecule has 0 aliphatic rings. The second-order valence-corrected chi connectivity index (χ2v) is 11.3. The van der Waals surface area contributed by atoms with Crippen LogP contribution in [-0.2, 0) is 21.2 Å². The predicted molar refractivity (Wildman–Crippen MR) is 163 cm³/mol. The molecule has 2 amide bonds. The molecule has 0 saturated carbocycles. The number of carbonyl (C=O) groups excluding carboxylic acids is 1. The molecule has 0 aliphatic heterocycles. The number of carbonyl (C=O) groups is 2.